The van der Waals surface area contributed by atoms with Crippen molar-refractivity contribution in [2.45, 2.75) is 6.92 Å². The first-order valence-corrected chi connectivity index (χ1v) is 6.52. The van der Waals surface area contributed by atoms with Crippen molar-refractivity contribution in [3.8, 4) is 28.4 Å². The van der Waals surface area contributed by atoms with E-state index in [4.69, 9.17) is 14.2 Å². The van der Waals surface area contributed by atoms with Crippen LogP contribution in [0.4, 0.5) is 0 Å². The molecule has 0 saturated heterocycles. The van der Waals surface area contributed by atoms with E-state index in [-0.39, 0.29) is 5.78 Å². The number of Topliss-reactive ketones (excluding diaryl/α,β-unsaturated/α-hetero) is 1. The molecule has 0 radical (unpaired) electrons. The molecule has 0 unspecified atom stereocenters. The van der Waals surface area contributed by atoms with Crippen molar-refractivity contribution in [1.82, 2.24) is 0 Å². The molecule has 0 fully saturated rings. The molecule has 0 spiro atoms. The maximum atomic E-state index is 11.7. The van der Waals surface area contributed by atoms with Crippen LogP contribution in [-0.4, -0.2) is 27.1 Å². The highest BCUT2D eigenvalue weighted by atomic mass is 16.5. The molecule has 2 aromatic rings. The maximum absolute atomic E-state index is 11.7. The van der Waals surface area contributed by atoms with Crippen molar-refractivity contribution < 1.29 is 19.0 Å². The van der Waals surface area contributed by atoms with Crippen molar-refractivity contribution in [3.05, 3.63) is 42.0 Å². The summed E-state index contributed by atoms with van der Waals surface area (Å²) in [5.41, 5.74) is 2.32. The predicted molar refractivity (Wildman–Crippen MR) is 81.5 cm³/mol. The molecule has 21 heavy (non-hydrogen) atoms. The van der Waals surface area contributed by atoms with E-state index >= 15 is 0 Å². The van der Waals surface area contributed by atoms with Gasteiger partial charge < -0.3 is 14.2 Å². The summed E-state index contributed by atoms with van der Waals surface area (Å²) in [5, 5.41) is 0. The minimum Gasteiger partial charge on any atom is -0.497 e. The van der Waals surface area contributed by atoms with Gasteiger partial charge in [0.15, 0.2) is 17.3 Å². The highest BCUT2D eigenvalue weighted by Crippen LogP contribution is 2.39. The van der Waals surface area contributed by atoms with Gasteiger partial charge in [-0.2, -0.15) is 0 Å². The van der Waals surface area contributed by atoms with Gasteiger partial charge >= 0.3 is 0 Å². The van der Waals surface area contributed by atoms with Crippen LogP contribution in [0.5, 0.6) is 17.2 Å². The average Bonchev–Trinajstić information content (AvgIpc) is 2.53. The summed E-state index contributed by atoms with van der Waals surface area (Å²) >= 11 is 0. The summed E-state index contributed by atoms with van der Waals surface area (Å²) in [6.45, 7) is 1.53. The van der Waals surface area contributed by atoms with Gasteiger partial charge in [0.2, 0.25) is 0 Å². The maximum Gasteiger partial charge on any atom is 0.168 e. The molecule has 0 amide bonds. The Bertz CT molecular complexity index is 645. The Kier molecular flexibility index (Phi) is 4.48. The molecule has 110 valence electrons. The number of ether oxygens (including phenoxy) is 3. The van der Waals surface area contributed by atoms with Crippen LogP contribution in [0.25, 0.3) is 11.1 Å². The molecule has 4 heteroatoms. The van der Waals surface area contributed by atoms with Gasteiger partial charge in [-0.1, -0.05) is 12.1 Å². The largest absolute Gasteiger partial charge is 0.497 e. The van der Waals surface area contributed by atoms with Gasteiger partial charge in [-0.15, -0.1) is 0 Å². The van der Waals surface area contributed by atoms with Crippen molar-refractivity contribution in [2.75, 3.05) is 21.3 Å². The van der Waals surface area contributed by atoms with Gasteiger partial charge in [-0.3, -0.25) is 4.79 Å². The molecule has 0 aliphatic rings. The normalized spacial score (nSPS) is 10.1. The molecule has 0 bridgehead atoms. The first kappa shape index (κ1) is 14.9. The van der Waals surface area contributed by atoms with E-state index in [1.807, 2.05) is 30.3 Å². The van der Waals surface area contributed by atoms with Gasteiger partial charge in [-0.25, -0.2) is 0 Å². The molecular formula is C17H18O4. The molecule has 0 aliphatic carbocycles. The van der Waals surface area contributed by atoms with Gasteiger partial charge in [-0.05, 0) is 36.8 Å². The number of carbonyl (C=O) groups excluding carboxylic acids is 1. The third-order valence-electron chi connectivity index (χ3n) is 3.29. The number of carbonyl (C=O) groups is 1. The minimum absolute atomic E-state index is 0.0225. The molecule has 4 nitrogen and oxygen atoms in total. The van der Waals surface area contributed by atoms with E-state index in [1.165, 1.54) is 6.92 Å². The molecule has 0 saturated carbocycles. The molecule has 0 N–H and O–H groups in total. The van der Waals surface area contributed by atoms with Crippen LogP contribution in [0.15, 0.2) is 36.4 Å². The van der Waals surface area contributed by atoms with Gasteiger partial charge in [0, 0.05) is 11.1 Å². The zero-order chi connectivity index (χ0) is 15.4. The second-order valence-electron chi connectivity index (χ2n) is 4.54. The number of rotatable bonds is 5. The van der Waals surface area contributed by atoms with Crippen LogP contribution in [0.1, 0.15) is 17.3 Å². The fourth-order valence-electron chi connectivity index (χ4n) is 2.15. The summed E-state index contributed by atoms with van der Waals surface area (Å²) in [5.74, 6) is 1.89. The zero-order valence-electron chi connectivity index (χ0n) is 12.6. The summed E-state index contributed by atoms with van der Waals surface area (Å²) in [6, 6.07) is 11.1. The van der Waals surface area contributed by atoms with Crippen molar-refractivity contribution in [1.29, 1.82) is 0 Å². The van der Waals surface area contributed by atoms with Gasteiger partial charge in [0.1, 0.15) is 5.75 Å². The SMILES string of the molecule is COc1ccc(-c2cc(C(C)=O)cc(OC)c2OC)cc1. The van der Waals surface area contributed by atoms with Gasteiger partial charge in [0.05, 0.1) is 21.3 Å². The third-order valence-corrected chi connectivity index (χ3v) is 3.29. The smallest absolute Gasteiger partial charge is 0.168 e. The van der Waals surface area contributed by atoms with Crippen LogP contribution in [0.2, 0.25) is 0 Å². The summed E-state index contributed by atoms with van der Waals surface area (Å²) < 4.78 is 15.9. The van der Waals surface area contributed by atoms with Crippen LogP contribution in [-0.2, 0) is 0 Å². The molecule has 2 rings (SSSR count). The van der Waals surface area contributed by atoms with E-state index in [0.717, 1.165) is 16.9 Å². The topological polar surface area (TPSA) is 44.8 Å². The van der Waals surface area contributed by atoms with Gasteiger partial charge in [0.25, 0.3) is 0 Å². The first-order chi connectivity index (χ1) is 10.1. The first-order valence-electron chi connectivity index (χ1n) is 6.52. The Balaban J connectivity index is 2.63. The highest BCUT2D eigenvalue weighted by Gasteiger charge is 2.15. The minimum atomic E-state index is -0.0225. The number of ketones is 1. The Labute approximate surface area is 124 Å². The second kappa shape index (κ2) is 6.31. The van der Waals surface area contributed by atoms with E-state index in [9.17, 15) is 4.79 Å². The van der Waals surface area contributed by atoms with E-state index in [1.54, 1.807) is 27.4 Å². The fourth-order valence-corrected chi connectivity index (χ4v) is 2.15. The summed E-state index contributed by atoms with van der Waals surface area (Å²) in [7, 11) is 4.76. The lowest BCUT2D eigenvalue weighted by Crippen LogP contribution is -1.99. The molecule has 0 aliphatic heterocycles. The van der Waals surface area contributed by atoms with Crippen molar-refractivity contribution >= 4 is 5.78 Å². The summed E-state index contributed by atoms with van der Waals surface area (Å²) in [4.78, 5) is 11.7. The number of hydrogen-bond acceptors (Lipinski definition) is 4. The van der Waals surface area contributed by atoms with E-state index in [0.29, 0.717) is 17.1 Å². The predicted octanol–water partition coefficient (Wildman–Crippen LogP) is 3.58. The Morgan fingerprint density at radius 2 is 1.57 bits per heavy atom. The standard InChI is InChI=1S/C17H18O4/c1-11(18)13-9-15(17(21-4)16(10-13)20-3)12-5-7-14(19-2)8-6-12/h5-10H,1-4H3. The van der Waals surface area contributed by atoms with Crippen LogP contribution < -0.4 is 14.2 Å². The quantitative estimate of drug-likeness (QED) is 0.788. The lowest BCUT2D eigenvalue weighted by Gasteiger charge is -2.15. The Hall–Kier alpha value is -2.49. The summed E-state index contributed by atoms with van der Waals surface area (Å²) in [6.07, 6.45) is 0. The lowest BCUT2D eigenvalue weighted by atomic mass is 9.99. The molecule has 0 aromatic heterocycles. The van der Waals surface area contributed by atoms with E-state index in [2.05, 4.69) is 0 Å². The molecule has 0 atom stereocenters. The Morgan fingerprint density at radius 1 is 0.905 bits per heavy atom. The number of methoxy groups -OCH3 is 3. The fraction of sp³-hybridized carbons (Fsp3) is 0.235. The third kappa shape index (κ3) is 2.99. The monoisotopic (exact) mass is 286 g/mol. The number of hydrogen-bond donors (Lipinski definition) is 0. The van der Waals surface area contributed by atoms with Crippen LogP contribution >= 0.6 is 0 Å². The molecule has 0 heterocycles. The zero-order valence-corrected chi connectivity index (χ0v) is 12.6. The number of benzene rings is 2. The van der Waals surface area contributed by atoms with Crippen molar-refractivity contribution in [3.63, 3.8) is 0 Å². The lowest BCUT2D eigenvalue weighted by molar-refractivity contribution is 0.101. The van der Waals surface area contributed by atoms with E-state index < -0.39 is 0 Å². The van der Waals surface area contributed by atoms with Crippen LogP contribution in [0, 0.1) is 0 Å². The Morgan fingerprint density at radius 3 is 2.05 bits per heavy atom. The van der Waals surface area contributed by atoms with Crippen LogP contribution in [0.3, 0.4) is 0 Å². The average molecular weight is 286 g/mol. The van der Waals surface area contributed by atoms with Crippen molar-refractivity contribution in [2.24, 2.45) is 0 Å². The molecular weight excluding hydrogens is 268 g/mol. The highest BCUT2D eigenvalue weighted by molar-refractivity contribution is 5.97. The molecule has 2 aromatic carbocycles. The second-order valence-corrected chi connectivity index (χ2v) is 4.54.